The second-order valence-corrected chi connectivity index (χ2v) is 5.34. The molecule has 3 rings (SSSR count). The van der Waals surface area contributed by atoms with Gasteiger partial charge in [-0.15, -0.1) is 0 Å². The molecule has 0 fully saturated rings. The van der Waals surface area contributed by atoms with Crippen LogP contribution in [0.3, 0.4) is 0 Å². The van der Waals surface area contributed by atoms with Crippen LogP contribution in [0.2, 0.25) is 0 Å². The Morgan fingerprint density at radius 1 is 1.17 bits per heavy atom. The molecule has 0 radical (unpaired) electrons. The first kappa shape index (κ1) is 15.0. The normalized spacial score (nSPS) is 13.3. The van der Waals surface area contributed by atoms with Gasteiger partial charge in [-0.3, -0.25) is 19.3 Å². The van der Waals surface area contributed by atoms with Gasteiger partial charge < -0.3 is 5.32 Å². The minimum Gasteiger partial charge on any atom is -0.322 e. The fourth-order valence-corrected chi connectivity index (χ4v) is 2.87. The van der Waals surface area contributed by atoms with Gasteiger partial charge in [-0.25, -0.2) is 0 Å². The molecule has 3 amide bonds. The summed E-state index contributed by atoms with van der Waals surface area (Å²) in [6.45, 7) is 5.74. The lowest BCUT2D eigenvalue weighted by atomic mass is 9.93. The summed E-state index contributed by atoms with van der Waals surface area (Å²) in [5.41, 5.74) is 1.53. The van der Waals surface area contributed by atoms with E-state index in [0.29, 0.717) is 40.6 Å². The quantitative estimate of drug-likeness (QED) is 0.697. The monoisotopic (exact) mass is 308 g/mol. The Bertz CT molecular complexity index is 832. The number of hydrogen-bond acceptors (Lipinski definition) is 3. The topological polar surface area (TPSA) is 66.5 Å². The lowest BCUT2D eigenvalue weighted by Crippen LogP contribution is -2.40. The predicted molar refractivity (Wildman–Crippen MR) is 88.4 cm³/mol. The van der Waals surface area contributed by atoms with E-state index in [0.717, 1.165) is 0 Å². The Hall–Kier alpha value is -2.95. The molecule has 0 atom stereocenters. The molecule has 5 heteroatoms. The average Bonchev–Trinajstić information content (AvgIpc) is 2.57. The standard InChI is InChI=1S/C18H16N2O3/c1-3-10-20-17(22)12-7-5-6-11-14(19-15(21)4-2)9-8-13(16(11)12)18(20)23/h4-9H,2-3,10H2,1H3,(H,19,21). The molecule has 0 aliphatic carbocycles. The van der Waals surface area contributed by atoms with Gasteiger partial charge in [0.25, 0.3) is 11.8 Å². The summed E-state index contributed by atoms with van der Waals surface area (Å²) in [6, 6.07) is 8.59. The molecule has 5 nitrogen and oxygen atoms in total. The SMILES string of the molecule is C=CC(=O)Nc1ccc2c3c(cccc13)C(=O)N(CCC)C2=O. The summed E-state index contributed by atoms with van der Waals surface area (Å²) in [6.07, 6.45) is 1.88. The largest absolute Gasteiger partial charge is 0.322 e. The van der Waals surface area contributed by atoms with Crippen LogP contribution in [0.25, 0.3) is 10.8 Å². The van der Waals surface area contributed by atoms with Gasteiger partial charge in [0.05, 0.1) is 0 Å². The molecule has 1 heterocycles. The maximum absolute atomic E-state index is 12.6. The zero-order valence-corrected chi connectivity index (χ0v) is 12.8. The number of carbonyl (C=O) groups excluding carboxylic acids is 3. The molecular formula is C18H16N2O3. The highest BCUT2D eigenvalue weighted by atomic mass is 16.2. The molecule has 0 saturated carbocycles. The van der Waals surface area contributed by atoms with E-state index in [1.165, 1.54) is 11.0 Å². The molecule has 0 spiro atoms. The van der Waals surface area contributed by atoms with Crippen molar-refractivity contribution in [3.8, 4) is 0 Å². The Balaban J connectivity index is 2.23. The Morgan fingerprint density at radius 2 is 1.87 bits per heavy atom. The third kappa shape index (κ3) is 2.30. The van der Waals surface area contributed by atoms with Crippen molar-refractivity contribution in [1.29, 1.82) is 0 Å². The van der Waals surface area contributed by atoms with Gasteiger partial charge in [-0.05, 0) is 30.7 Å². The second kappa shape index (κ2) is 5.68. The lowest BCUT2D eigenvalue weighted by molar-refractivity contribution is -0.111. The van der Waals surface area contributed by atoms with Crippen LogP contribution in [-0.4, -0.2) is 29.2 Å². The zero-order chi connectivity index (χ0) is 16.6. The van der Waals surface area contributed by atoms with E-state index < -0.39 is 0 Å². The third-order valence-electron chi connectivity index (χ3n) is 3.88. The van der Waals surface area contributed by atoms with Crippen molar-refractivity contribution >= 4 is 34.2 Å². The molecule has 1 aliphatic rings. The van der Waals surface area contributed by atoms with Crippen LogP contribution in [0.1, 0.15) is 34.1 Å². The summed E-state index contributed by atoms with van der Waals surface area (Å²) in [7, 11) is 0. The maximum Gasteiger partial charge on any atom is 0.261 e. The molecule has 1 N–H and O–H groups in total. The highest BCUT2D eigenvalue weighted by molar-refractivity contribution is 6.27. The average molecular weight is 308 g/mol. The van der Waals surface area contributed by atoms with Gasteiger partial charge in [0.2, 0.25) is 5.91 Å². The summed E-state index contributed by atoms with van der Waals surface area (Å²) in [5.74, 6) is -0.920. The Kier molecular flexibility index (Phi) is 3.70. The van der Waals surface area contributed by atoms with E-state index in [2.05, 4.69) is 11.9 Å². The molecule has 0 unspecified atom stereocenters. The lowest BCUT2D eigenvalue weighted by Gasteiger charge is -2.27. The number of anilines is 1. The van der Waals surface area contributed by atoms with Crippen LogP contribution in [0.4, 0.5) is 5.69 Å². The highest BCUT2D eigenvalue weighted by Crippen LogP contribution is 2.34. The number of benzene rings is 2. The van der Waals surface area contributed by atoms with Gasteiger partial charge in [0, 0.05) is 34.1 Å². The minimum atomic E-state index is -0.341. The van der Waals surface area contributed by atoms with Crippen molar-refractivity contribution in [3.63, 3.8) is 0 Å². The van der Waals surface area contributed by atoms with Crippen LogP contribution < -0.4 is 5.32 Å². The van der Waals surface area contributed by atoms with Gasteiger partial charge in [-0.1, -0.05) is 25.6 Å². The molecule has 0 aromatic heterocycles. The first-order valence-electron chi connectivity index (χ1n) is 7.43. The van der Waals surface area contributed by atoms with Crippen LogP contribution >= 0.6 is 0 Å². The van der Waals surface area contributed by atoms with Gasteiger partial charge >= 0.3 is 0 Å². The molecule has 116 valence electrons. The van der Waals surface area contributed by atoms with E-state index in [4.69, 9.17) is 0 Å². The molecular weight excluding hydrogens is 292 g/mol. The molecule has 23 heavy (non-hydrogen) atoms. The number of rotatable bonds is 4. The van der Waals surface area contributed by atoms with E-state index in [9.17, 15) is 14.4 Å². The zero-order valence-electron chi connectivity index (χ0n) is 12.8. The van der Waals surface area contributed by atoms with Crippen molar-refractivity contribution in [1.82, 2.24) is 4.90 Å². The number of imide groups is 1. The van der Waals surface area contributed by atoms with Crippen molar-refractivity contribution in [3.05, 3.63) is 54.1 Å². The third-order valence-corrected chi connectivity index (χ3v) is 3.88. The van der Waals surface area contributed by atoms with E-state index in [1.54, 1.807) is 30.3 Å². The molecule has 2 aromatic rings. The number of amides is 3. The Labute approximate surface area is 133 Å². The van der Waals surface area contributed by atoms with Crippen LogP contribution in [-0.2, 0) is 4.79 Å². The van der Waals surface area contributed by atoms with Crippen LogP contribution in [0, 0.1) is 0 Å². The maximum atomic E-state index is 12.6. The van der Waals surface area contributed by atoms with Crippen molar-refractivity contribution in [2.45, 2.75) is 13.3 Å². The molecule has 0 bridgehead atoms. The summed E-state index contributed by atoms with van der Waals surface area (Å²) < 4.78 is 0. The minimum absolute atomic E-state index is 0.290. The summed E-state index contributed by atoms with van der Waals surface area (Å²) >= 11 is 0. The van der Waals surface area contributed by atoms with Crippen LogP contribution in [0.5, 0.6) is 0 Å². The first-order valence-corrected chi connectivity index (χ1v) is 7.43. The van der Waals surface area contributed by atoms with Gasteiger partial charge in [-0.2, -0.15) is 0 Å². The van der Waals surface area contributed by atoms with Crippen molar-refractivity contribution in [2.24, 2.45) is 0 Å². The van der Waals surface area contributed by atoms with Crippen molar-refractivity contribution in [2.75, 3.05) is 11.9 Å². The summed E-state index contributed by atoms with van der Waals surface area (Å²) in [5, 5.41) is 3.98. The Morgan fingerprint density at radius 3 is 2.52 bits per heavy atom. The second-order valence-electron chi connectivity index (χ2n) is 5.34. The molecule has 2 aromatic carbocycles. The number of nitrogens with zero attached hydrogens (tertiary/aromatic N) is 1. The van der Waals surface area contributed by atoms with Crippen LogP contribution in [0.15, 0.2) is 43.0 Å². The predicted octanol–water partition coefficient (Wildman–Crippen LogP) is 2.97. The molecule has 1 aliphatic heterocycles. The van der Waals surface area contributed by atoms with Gasteiger partial charge in [0.1, 0.15) is 0 Å². The highest BCUT2D eigenvalue weighted by Gasteiger charge is 2.32. The number of hydrogen-bond donors (Lipinski definition) is 1. The summed E-state index contributed by atoms with van der Waals surface area (Å²) in [4.78, 5) is 38.0. The van der Waals surface area contributed by atoms with Gasteiger partial charge in [0.15, 0.2) is 0 Å². The fraction of sp³-hybridized carbons (Fsp3) is 0.167. The van der Waals surface area contributed by atoms with Crippen molar-refractivity contribution < 1.29 is 14.4 Å². The smallest absolute Gasteiger partial charge is 0.261 e. The first-order chi connectivity index (χ1) is 11.1. The van der Waals surface area contributed by atoms with E-state index in [-0.39, 0.29) is 17.7 Å². The van der Waals surface area contributed by atoms with E-state index >= 15 is 0 Å². The number of carbonyl (C=O) groups is 3. The number of nitrogens with one attached hydrogen (secondary N) is 1. The fourth-order valence-electron chi connectivity index (χ4n) is 2.87. The molecule has 0 saturated heterocycles. The van der Waals surface area contributed by atoms with E-state index in [1.807, 2.05) is 6.92 Å².